The molecule has 1 fully saturated rings. The van der Waals surface area contributed by atoms with Gasteiger partial charge >= 0.3 is 0 Å². The second-order valence-corrected chi connectivity index (χ2v) is 4.35. The van der Waals surface area contributed by atoms with Crippen LogP contribution in [0.1, 0.15) is 23.7 Å². The summed E-state index contributed by atoms with van der Waals surface area (Å²) in [6.07, 6.45) is -0.152. The third kappa shape index (κ3) is 2.52. The summed E-state index contributed by atoms with van der Waals surface area (Å²) in [7, 11) is 0. The van der Waals surface area contributed by atoms with Gasteiger partial charge in [-0.15, -0.1) is 0 Å². The number of benzene rings is 1. The highest BCUT2D eigenvalue weighted by Gasteiger charge is 2.37. The lowest BCUT2D eigenvalue weighted by Crippen LogP contribution is -2.44. The fourth-order valence-corrected chi connectivity index (χ4v) is 2.11. The lowest BCUT2D eigenvalue weighted by Gasteiger charge is -2.25. The van der Waals surface area contributed by atoms with Gasteiger partial charge in [-0.3, -0.25) is 19.7 Å². The van der Waals surface area contributed by atoms with E-state index in [1.165, 1.54) is 0 Å². The summed E-state index contributed by atoms with van der Waals surface area (Å²) in [6, 6.07) is 1.62. The van der Waals surface area contributed by atoms with E-state index in [0.717, 1.165) is 17.0 Å². The molecule has 1 aliphatic rings. The largest absolute Gasteiger partial charge is 0.326 e. The fraction of sp³-hybridized carbons (Fsp3) is 0.308. The molecule has 1 heterocycles. The van der Waals surface area contributed by atoms with Crippen molar-refractivity contribution in [2.45, 2.75) is 19.4 Å². The first-order chi connectivity index (χ1) is 9.43. The van der Waals surface area contributed by atoms with Crippen molar-refractivity contribution < 1.29 is 23.2 Å². The van der Waals surface area contributed by atoms with Crippen molar-refractivity contribution in [1.29, 1.82) is 0 Å². The van der Waals surface area contributed by atoms with Gasteiger partial charge in [0.2, 0.25) is 11.8 Å². The maximum Gasteiger partial charge on any atom is 0.257 e. The molecular weight excluding hydrogens is 270 g/mol. The molecule has 1 aromatic rings. The van der Waals surface area contributed by atoms with Gasteiger partial charge in [-0.2, -0.15) is 0 Å². The molecule has 0 unspecified atom stereocenters. The van der Waals surface area contributed by atoms with Crippen LogP contribution in [-0.2, 0) is 9.59 Å². The zero-order chi connectivity index (χ0) is 14.9. The zero-order valence-corrected chi connectivity index (χ0v) is 10.7. The Bertz CT molecular complexity index is 589. The van der Waals surface area contributed by atoms with Crippen molar-refractivity contribution >= 4 is 17.7 Å². The van der Waals surface area contributed by atoms with Crippen LogP contribution in [0.2, 0.25) is 0 Å². The van der Waals surface area contributed by atoms with Crippen molar-refractivity contribution in [3.05, 3.63) is 35.4 Å². The summed E-state index contributed by atoms with van der Waals surface area (Å²) >= 11 is 0. The lowest BCUT2D eigenvalue weighted by molar-refractivity contribution is -0.126. The van der Waals surface area contributed by atoms with Crippen molar-refractivity contribution in [1.82, 2.24) is 10.2 Å². The molecule has 5 nitrogen and oxygen atoms in total. The van der Waals surface area contributed by atoms with E-state index < -0.39 is 35.4 Å². The summed E-state index contributed by atoms with van der Waals surface area (Å²) in [5.74, 6) is -3.62. The number of amides is 3. The lowest BCUT2D eigenvalue weighted by atomic mass is 10.1. The first kappa shape index (κ1) is 14.1. The molecule has 1 aliphatic heterocycles. The molecule has 1 atom stereocenters. The van der Waals surface area contributed by atoms with Gasteiger partial charge in [0, 0.05) is 12.6 Å². The molecule has 20 heavy (non-hydrogen) atoms. The number of hydrogen-bond acceptors (Lipinski definition) is 3. The minimum absolute atomic E-state index is 0.126. The van der Waals surface area contributed by atoms with E-state index in [-0.39, 0.29) is 18.5 Å². The minimum Gasteiger partial charge on any atom is -0.326 e. The van der Waals surface area contributed by atoms with Crippen molar-refractivity contribution in [3.8, 4) is 0 Å². The quantitative estimate of drug-likeness (QED) is 0.835. The number of likely N-dealkylation sites (N-methyl/N-ethyl adjacent to an activating group) is 1. The third-order valence-corrected chi connectivity index (χ3v) is 3.08. The molecular formula is C13H12F2N2O3. The van der Waals surface area contributed by atoms with Crippen LogP contribution >= 0.6 is 0 Å². The predicted molar refractivity (Wildman–Crippen MR) is 64.6 cm³/mol. The standard InChI is InChI=1S/C13H12F2N2O3/c1-2-17(10-6-11(18)16-12(10)19)13(20)8-4-3-7(14)5-9(8)15/h3-5,10H,2,6H2,1H3,(H,16,18,19)/t10-/m0/s1. The van der Waals surface area contributed by atoms with Crippen LogP contribution in [0.25, 0.3) is 0 Å². The number of rotatable bonds is 3. The van der Waals surface area contributed by atoms with E-state index in [1.54, 1.807) is 6.92 Å². The molecule has 0 bridgehead atoms. The highest BCUT2D eigenvalue weighted by molar-refractivity contribution is 6.08. The topological polar surface area (TPSA) is 66.5 Å². The van der Waals surface area contributed by atoms with E-state index >= 15 is 0 Å². The van der Waals surface area contributed by atoms with Crippen LogP contribution in [0.15, 0.2) is 18.2 Å². The van der Waals surface area contributed by atoms with Gasteiger partial charge in [-0.05, 0) is 19.1 Å². The Morgan fingerprint density at radius 2 is 2.10 bits per heavy atom. The van der Waals surface area contributed by atoms with Crippen LogP contribution in [0, 0.1) is 11.6 Å². The molecule has 0 aliphatic carbocycles. The Balaban J connectivity index is 2.29. The molecule has 1 aromatic carbocycles. The first-order valence-corrected chi connectivity index (χ1v) is 6.03. The Kier molecular flexibility index (Phi) is 3.78. The van der Waals surface area contributed by atoms with E-state index in [0.29, 0.717) is 6.07 Å². The first-order valence-electron chi connectivity index (χ1n) is 6.03. The molecule has 2 rings (SSSR count). The summed E-state index contributed by atoms with van der Waals surface area (Å²) in [5.41, 5.74) is -0.333. The number of hydrogen-bond donors (Lipinski definition) is 1. The average Bonchev–Trinajstić information content (AvgIpc) is 2.69. The van der Waals surface area contributed by atoms with Crippen LogP contribution < -0.4 is 5.32 Å². The zero-order valence-electron chi connectivity index (χ0n) is 10.7. The Labute approximate surface area is 113 Å². The van der Waals surface area contributed by atoms with Crippen LogP contribution in [0.3, 0.4) is 0 Å². The van der Waals surface area contributed by atoms with E-state index in [1.807, 2.05) is 0 Å². The fourth-order valence-electron chi connectivity index (χ4n) is 2.11. The maximum absolute atomic E-state index is 13.6. The van der Waals surface area contributed by atoms with Crippen molar-refractivity contribution in [2.24, 2.45) is 0 Å². The number of nitrogens with zero attached hydrogens (tertiary/aromatic N) is 1. The van der Waals surface area contributed by atoms with Crippen LogP contribution in [-0.4, -0.2) is 35.2 Å². The van der Waals surface area contributed by atoms with Gasteiger partial charge in [0.1, 0.15) is 17.7 Å². The average molecular weight is 282 g/mol. The normalized spacial score (nSPS) is 18.1. The Hall–Kier alpha value is -2.31. The summed E-state index contributed by atoms with van der Waals surface area (Å²) in [5, 5.41) is 2.09. The SMILES string of the molecule is CCN(C(=O)c1ccc(F)cc1F)[C@H]1CC(=O)NC1=O. The smallest absolute Gasteiger partial charge is 0.257 e. The van der Waals surface area contributed by atoms with Crippen molar-refractivity contribution in [3.63, 3.8) is 0 Å². The summed E-state index contributed by atoms with van der Waals surface area (Å²) in [4.78, 5) is 36.1. The van der Waals surface area contributed by atoms with Gasteiger partial charge in [0.15, 0.2) is 0 Å². The van der Waals surface area contributed by atoms with Gasteiger partial charge in [0.05, 0.1) is 12.0 Å². The van der Waals surface area contributed by atoms with Gasteiger partial charge in [-0.1, -0.05) is 0 Å². The van der Waals surface area contributed by atoms with E-state index in [2.05, 4.69) is 5.32 Å². The summed E-state index contributed by atoms with van der Waals surface area (Å²) < 4.78 is 26.4. The second kappa shape index (κ2) is 5.36. The van der Waals surface area contributed by atoms with Gasteiger partial charge in [-0.25, -0.2) is 8.78 Å². The van der Waals surface area contributed by atoms with Gasteiger partial charge in [0.25, 0.3) is 5.91 Å². The molecule has 3 amide bonds. The van der Waals surface area contributed by atoms with E-state index in [4.69, 9.17) is 0 Å². The monoisotopic (exact) mass is 282 g/mol. The molecule has 0 saturated carbocycles. The van der Waals surface area contributed by atoms with Crippen LogP contribution in [0.4, 0.5) is 8.78 Å². The second-order valence-electron chi connectivity index (χ2n) is 4.35. The van der Waals surface area contributed by atoms with Gasteiger partial charge < -0.3 is 4.90 Å². The Morgan fingerprint density at radius 3 is 2.60 bits per heavy atom. The number of halogens is 2. The molecule has 0 aromatic heterocycles. The van der Waals surface area contributed by atoms with E-state index in [9.17, 15) is 23.2 Å². The van der Waals surface area contributed by atoms with Crippen molar-refractivity contribution in [2.75, 3.05) is 6.54 Å². The number of carbonyl (C=O) groups is 3. The highest BCUT2D eigenvalue weighted by atomic mass is 19.1. The molecule has 7 heteroatoms. The number of carbonyl (C=O) groups excluding carboxylic acids is 3. The maximum atomic E-state index is 13.6. The molecule has 106 valence electrons. The summed E-state index contributed by atoms with van der Waals surface area (Å²) in [6.45, 7) is 1.73. The minimum atomic E-state index is -1.00. The number of imide groups is 1. The highest BCUT2D eigenvalue weighted by Crippen LogP contribution is 2.17. The predicted octanol–water partition coefficient (Wildman–Crippen LogP) is 0.842. The van der Waals surface area contributed by atoms with Crippen LogP contribution in [0.5, 0.6) is 0 Å². The molecule has 1 saturated heterocycles. The number of nitrogens with one attached hydrogen (secondary N) is 1. The molecule has 0 spiro atoms. The Morgan fingerprint density at radius 1 is 1.40 bits per heavy atom. The molecule has 0 radical (unpaired) electrons. The third-order valence-electron chi connectivity index (χ3n) is 3.08. The molecule has 1 N–H and O–H groups in total.